The molecule has 0 radical (unpaired) electrons. The van der Waals surface area contributed by atoms with Gasteiger partial charge in [-0.2, -0.15) is 0 Å². The van der Waals surface area contributed by atoms with E-state index < -0.39 is 11.9 Å². The second-order valence-corrected chi connectivity index (χ2v) is 5.25. The molecule has 0 fully saturated rings. The van der Waals surface area contributed by atoms with Gasteiger partial charge in [0.25, 0.3) is 0 Å². The second-order valence-electron chi connectivity index (χ2n) is 4.40. The Morgan fingerprint density at radius 2 is 1.95 bits per heavy atom. The van der Waals surface area contributed by atoms with E-state index in [1.165, 1.54) is 31.2 Å². The minimum absolute atomic E-state index is 0.199. The lowest BCUT2D eigenvalue weighted by Gasteiger charge is -2.13. The summed E-state index contributed by atoms with van der Waals surface area (Å²) in [6.45, 7) is 1.74. The van der Waals surface area contributed by atoms with E-state index in [0.29, 0.717) is 15.8 Å². The molecule has 5 heteroatoms. The third-order valence-corrected chi connectivity index (χ3v) is 3.41. The third-order valence-electron chi connectivity index (χ3n) is 2.80. The van der Waals surface area contributed by atoms with Gasteiger partial charge in [-0.3, -0.25) is 0 Å². The predicted octanol–water partition coefficient (Wildman–Crippen LogP) is 4.36. The minimum atomic E-state index is -0.833. The Labute approximate surface area is 124 Å². The summed E-state index contributed by atoms with van der Waals surface area (Å²) in [5, 5.41) is 9.60. The molecule has 0 aliphatic rings. The first-order valence-corrected chi connectivity index (χ1v) is 6.81. The predicted molar refractivity (Wildman–Crippen MR) is 75.5 cm³/mol. The topological polar surface area (TPSA) is 29.5 Å². The van der Waals surface area contributed by atoms with Gasteiger partial charge in [-0.05, 0) is 58.7 Å². The monoisotopic (exact) mass is 342 g/mol. The van der Waals surface area contributed by atoms with E-state index in [9.17, 15) is 13.9 Å². The van der Waals surface area contributed by atoms with Crippen molar-refractivity contribution < 1.29 is 18.6 Å². The highest BCUT2D eigenvalue weighted by Crippen LogP contribution is 2.27. The molecule has 1 atom stereocenters. The summed E-state index contributed by atoms with van der Waals surface area (Å²) in [5.74, 6) is -0.375. The van der Waals surface area contributed by atoms with Crippen molar-refractivity contribution in [1.29, 1.82) is 0 Å². The Kier molecular flexibility index (Phi) is 4.73. The number of hydrogen-bond donors (Lipinski definition) is 1. The summed E-state index contributed by atoms with van der Waals surface area (Å²) in [6.07, 6.45) is -0.833. The van der Waals surface area contributed by atoms with Gasteiger partial charge in [0, 0.05) is 5.56 Å². The van der Waals surface area contributed by atoms with Crippen LogP contribution in [0, 0.1) is 11.6 Å². The zero-order chi connectivity index (χ0) is 14.7. The summed E-state index contributed by atoms with van der Waals surface area (Å²) in [4.78, 5) is 0. The van der Waals surface area contributed by atoms with Gasteiger partial charge in [0.1, 0.15) is 24.0 Å². The molecule has 0 aromatic heterocycles. The number of aliphatic hydroxyl groups excluding tert-OH is 1. The van der Waals surface area contributed by atoms with Crippen LogP contribution in [0.3, 0.4) is 0 Å². The van der Waals surface area contributed by atoms with Crippen LogP contribution >= 0.6 is 15.9 Å². The van der Waals surface area contributed by atoms with Crippen LogP contribution < -0.4 is 4.74 Å². The van der Waals surface area contributed by atoms with Crippen LogP contribution in [-0.4, -0.2) is 5.11 Å². The van der Waals surface area contributed by atoms with E-state index in [4.69, 9.17) is 4.74 Å². The Balaban J connectivity index is 2.16. The number of ether oxygens (including phenoxy) is 1. The van der Waals surface area contributed by atoms with Crippen molar-refractivity contribution in [3.8, 4) is 5.75 Å². The van der Waals surface area contributed by atoms with E-state index in [2.05, 4.69) is 15.9 Å². The van der Waals surface area contributed by atoms with Gasteiger partial charge in [0.05, 0.1) is 10.6 Å². The number of benzene rings is 2. The Morgan fingerprint density at radius 1 is 1.20 bits per heavy atom. The maximum atomic E-state index is 13.2. The summed E-state index contributed by atoms with van der Waals surface area (Å²) < 4.78 is 32.2. The van der Waals surface area contributed by atoms with Gasteiger partial charge in [0.2, 0.25) is 0 Å². The van der Waals surface area contributed by atoms with Gasteiger partial charge in [0.15, 0.2) is 0 Å². The van der Waals surface area contributed by atoms with Gasteiger partial charge in [-0.1, -0.05) is 6.07 Å². The van der Waals surface area contributed by atoms with Crippen molar-refractivity contribution in [2.75, 3.05) is 0 Å². The third kappa shape index (κ3) is 3.55. The van der Waals surface area contributed by atoms with Crippen LogP contribution in [0.25, 0.3) is 0 Å². The minimum Gasteiger partial charge on any atom is -0.489 e. The number of hydrogen-bond acceptors (Lipinski definition) is 2. The molecule has 0 saturated heterocycles. The second kappa shape index (κ2) is 6.33. The first-order valence-electron chi connectivity index (χ1n) is 6.01. The van der Waals surface area contributed by atoms with Crippen LogP contribution in [0.5, 0.6) is 5.75 Å². The smallest absolute Gasteiger partial charge is 0.137 e. The number of rotatable bonds is 4. The van der Waals surface area contributed by atoms with Crippen molar-refractivity contribution in [1.82, 2.24) is 0 Å². The molecule has 0 aliphatic carbocycles. The fraction of sp³-hybridized carbons (Fsp3) is 0.200. The lowest BCUT2D eigenvalue weighted by molar-refractivity contribution is 0.189. The Hall–Kier alpha value is -1.46. The number of halogens is 3. The molecule has 0 spiro atoms. The molecule has 1 unspecified atom stereocenters. The molecule has 20 heavy (non-hydrogen) atoms. The van der Waals surface area contributed by atoms with E-state index in [-0.39, 0.29) is 12.4 Å². The SMILES string of the molecule is CC(O)c1cc(F)ccc1OCc1ccc(F)c(Br)c1. The highest BCUT2D eigenvalue weighted by Gasteiger charge is 2.11. The largest absolute Gasteiger partial charge is 0.489 e. The molecule has 0 amide bonds. The average Bonchev–Trinajstić information content (AvgIpc) is 2.41. The highest BCUT2D eigenvalue weighted by atomic mass is 79.9. The zero-order valence-electron chi connectivity index (χ0n) is 10.7. The first-order chi connectivity index (χ1) is 9.47. The van der Waals surface area contributed by atoms with Gasteiger partial charge < -0.3 is 9.84 Å². The Bertz CT molecular complexity index is 615. The van der Waals surface area contributed by atoms with Crippen LogP contribution in [0.4, 0.5) is 8.78 Å². The standard InChI is InChI=1S/C15H13BrF2O2/c1-9(19)12-7-11(17)3-5-15(12)20-8-10-2-4-14(18)13(16)6-10/h2-7,9,19H,8H2,1H3. The molecule has 1 N–H and O–H groups in total. The van der Waals surface area contributed by atoms with Gasteiger partial charge in [-0.25, -0.2) is 8.78 Å². The van der Waals surface area contributed by atoms with Gasteiger partial charge in [-0.15, -0.1) is 0 Å². The molecular formula is C15H13BrF2O2. The summed E-state index contributed by atoms with van der Waals surface area (Å²) in [6, 6.07) is 8.52. The summed E-state index contributed by atoms with van der Waals surface area (Å²) in [5.41, 5.74) is 1.14. The molecular weight excluding hydrogens is 330 g/mol. The molecule has 0 heterocycles. The maximum Gasteiger partial charge on any atom is 0.137 e. The van der Waals surface area contributed by atoms with Crippen molar-refractivity contribution in [2.24, 2.45) is 0 Å². The molecule has 2 rings (SSSR count). The lowest BCUT2D eigenvalue weighted by Crippen LogP contribution is -2.02. The van der Waals surface area contributed by atoms with E-state index in [1.54, 1.807) is 12.1 Å². The van der Waals surface area contributed by atoms with Crippen molar-refractivity contribution in [3.63, 3.8) is 0 Å². The quantitative estimate of drug-likeness (QED) is 0.894. The van der Waals surface area contributed by atoms with Crippen molar-refractivity contribution in [3.05, 3.63) is 63.6 Å². The maximum absolute atomic E-state index is 13.2. The number of aliphatic hydroxyl groups is 1. The Morgan fingerprint density at radius 3 is 2.60 bits per heavy atom. The molecule has 0 bridgehead atoms. The zero-order valence-corrected chi connectivity index (χ0v) is 12.3. The summed E-state index contributed by atoms with van der Waals surface area (Å²) >= 11 is 3.10. The van der Waals surface area contributed by atoms with E-state index >= 15 is 0 Å². The van der Waals surface area contributed by atoms with Crippen LogP contribution in [0.15, 0.2) is 40.9 Å². The molecule has 2 aromatic carbocycles. The molecule has 2 aromatic rings. The fourth-order valence-electron chi connectivity index (χ4n) is 1.77. The molecule has 106 valence electrons. The summed E-state index contributed by atoms with van der Waals surface area (Å²) in [7, 11) is 0. The molecule has 2 nitrogen and oxygen atoms in total. The molecule has 0 aliphatic heterocycles. The first kappa shape index (κ1) is 14.9. The fourth-order valence-corrected chi connectivity index (χ4v) is 2.19. The van der Waals surface area contributed by atoms with Gasteiger partial charge >= 0.3 is 0 Å². The lowest BCUT2D eigenvalue weighted by atomic mass is 10.1. The highest BCUT2D eigenvalue weighted by molar-refractivity contribution is 9.10. The normalized spacial score (nSPS) is 12.2. The van der Waals surface area contributed by atoms with Crippen LogP contribution in [-0.2, 0) is 6.61 Å². The molecule has 0 saturated carbocycles. The van der Waals surface area contributed by atoms with Crippen LogP contribution in [0.2, 0.25) is 0 Å². The van der Waals surface area contributed by atoms with Crippen molar-refractivity contribution in [2.45, 2.75) is 19.6 Å². The van der Waals surface area contributed by atoms with E-state index in [1.807, 2.05) is 0 Å². The van der Waals surface area contributed by atoms with Crippen molar-refractivity contribution >= 4 is 15.9 Å². The van der Waals surface area contributed by atoms with Crippen LogP contribution in [0.1, 0.15) is 24.2 Å². The average molecular weight is 343 g/mol. The van der Waals surface area contributed by atoms with E-state index in [0.717, 1.165) is 5.56 Å².